The first-order chi connectivity index (χ1) is 9.74. The first-order valence-electron chi connectivity index (χ1n) is 6.84. The minimum atomic E-state index is -0.940. The highest BCUT2D eigenvalue weighted by atomic mass is 16.4. The molecule has 0 fully saturated rings. The molecule has 0 spiro atoms. The Morgan fingerprint density at radius 2 is 2.10 bits per heavy atom. The number of aryl methyl sites for hydroxylation is 1. The fraction of sp³-hybridized carbons (Fsp3) is 0.312. The second-order valence-electron chi connectivity index (χ2n) is 5.15. The number of hydrogen-bond acceptors (Lipinski definition) is 3. The summed E-state index contributed by atoms with van der Waals surface area (Å²) in [5.74, 6) is -0.444. The van der Waals surface area contributed by atoms with E-state index in [0.29, 0.717) is 18.3 Å². The second kappa shape index (κ2) is 5.51. The third-order valence-corrected chi connectivity index (χ3v) is 3.87. The summed E-state index contributed by atoms with van der Waals surface area (Å²) in [5, 5.41) is 12.4. The van der Waals surface area contributed by atoms with E-state index in [2.05, 4.69) is 29.6 Å². The summed E-state index contributed by atoms with van der Waals surface area (Å²) < 4.78 is 5.24. The first kappa shape index (κ1) is 12.9. The van der Waals surface area contributed by atoms with Gasteiger partial charge < -0.3 is 14.8 Å². The lowest BCUT2D eigenvalue weighted by atomic mass is 9.88. The maximum Gasteiger partial charge on any atom is 0.339 e. The molecular formula is C16H17NO3. The smallest absolute Gasteiger partial charge is 0.339 e. The van der Waals surface area contributed by atoms with Gasteiger partial charge >= 0.3 is 5.97 Å². The Hall–Kier alpha value is -2.07. The zero-order chi connectivity index (χ0) is 13.9. The molecule has 0 saturated heterocycles. The molecule has 2 aromatic rings. The summed E-state index contributed by atoms with van der Waals surface area (Å²) in [5.41, 5.74) is 3.05. The molecule has 1 atom stereocenters. The van der Waals surface area contributed by atoms with Crippen molar-refractivity contribution in [3.63, 3.8) is 0 Å². The molecule has 1 heterocycles. The van der Waals surface area contributed by atoms with Crippen molar-refractivity contribution in [1.29, 1.82) is 0 Å². The number of fused-ring (bicyclic) bond motifs is 1. The van der Waals surface area contributed by atoms with Gasteiger partial charge in [0.05, 0.1) is 12.8 Å². The number of carbonyl (C=O) groups is 1. The number of carboxylic acids is 1. The highest BCUT2D eigenvalue weighted by Gasteiger charge is 2.19. The molecule has 0 bridgehead atoms. The molecule has 1 unspecified atom stereocenters. The normalized spacial score (nSPS) is 17.7. The van der Waals surface area contributed by atoms with Crippen LogP contribution in [0.5, 0.6) is 0 Å². The fourth-order valence-electron chi connectivity index (χ4n) is 2.78. The van der Waals surface area contributed by atoms with Crippen molar-refractivity contribution in [2.75, 3.05) is 0 Å². The van der Waals surface area contributed by atoms with Crippen LogP contribution in [0.4, 0.5) is 0 Å². The molecule has 3 rings (SSSR count). The number of hydrogen-bond donors (Lipinski definition) is 2. The fourth-order valence-corrected chi connectivity index (χ4v) is 2.78. The summed E-state index contributed by atoms with van der Waals surface area (Å²) in [6.07, 6.45) is 4.55. The summed E-state index contributed by atoms with van der Waals surface area (Å²) in [6, 6.07) is 10.4. The summed E-state index contributed by atoms with van der Waals surface area (Å²) in [6.45, 7) is 0.460. The van der Waals surface area contributed by atoms with E-state index in [9.17, 15) is 4.79 Å². The van der Waals surface area contributed by atoms with Crippen molar-refractivity contribution in [2.24, 2.45) is 0 Å². The minimum Gasteiger partial charge on any atom is -0.478 e. The van der Waals surface area contributed by atoms with E-state index in [1.165, 1.54) is 23.5 Å². The van der Waals surface area contributed by atoms with Gasteiger partial charge in [0.1, 0.15) is 11.3 Å². The van der Waals surface area contributed by atoms with Crippen LogP contribution in [-0.2, 0) is 19.4 Å². The van der Waals surface area contributed by atoms with E-state index in [0.717, 1.165) is 19.3 Å². The highest BCUT2D eigenvalue weighted by Crippen LogP contribution is 2.21. The van der Waals surface area contributed by atoms with Crippen molar-refractivity contribution < 1.29 is 14.3 Å². The quantitative estimate of drug-likeness (QED) is 0.897. The molecule has 2 N–H and O–H groups in total. The number of nitrogens with one attached hydrogen (secondary N) is 1. The zero-order valence-electron chi connectivity index (χ0n) is 11.1. The van der Waals surface area contributed by atoms with Crippen LogP contribution >= 0.6 is 0 Å². The van der Waals surface area contributed by atoms with E-state index >= 15 is 0 Å². The summed E-state index contributed by atoms with van der Waals surface area (Å²) in [4.78, 5) is 11.0. The number of carboxylic acid groups (broad SMARTS) is 1. The minimum absolute atomic E-state index is 0.244. The van der Waals surface area contributed by atoms with E-state index < -0.39 is 5.97 Å². The molecule has 0 radical (unpaired) electrons. The van der Waals surface area contributed by atoms with Crippen LogP contribution in [0.15, 0.2) is 41.0 Å². The third-order valence-electron chi connectivity index (χ3n) is 3.87. The molecule has 1 aliphatic rings. The van der Waals surface area contributed by atoms with Gasteiger partial charge in [0.2, 0.25) is 0 Å². The molecule has 104 valence electrons. The van der Waals surface area contributed by atoms with Crippen LogP contribution in [0.25, 0.3) is 0 Å². The van der Waals surface area contributed by atoms with Crippen molar-refractivity contribution >= 4 is 5.97 Å². The van der Waals surface area contributed by atoms with E-state index in [1.807, 2.05) is 0 Å². The Bertz CT molecular complexity index is 618. The van der Waals surface area contributed by atoms with Crippen LogP contribution < -0.4 is 5.32 Å². The average Bonchev–Trinajstić information content (AvgIpc) is 2.93. The van der Waals surface area contributed by atoms with Crippen LogP contribution in [0.3, 0.4) is 0 Å². The lowest BCUT2D eigenvalue weighted by Crippen LogP contribution is -2.34. The molecule has 4 nitrogen and oxygen atoms in total. The Morgan fingerprint density at radius 1 is 1.30 bits per heavy atom. The zero-order valence-corrected chi connectivity index (χ0v) is 11.1. The molecule has 20 heavy (non-hydrogen) atoms. The number of benzene rings is 1. The lowest BCUT2D eigenvalue weighted by Gasteiger charge is -2.25. The maximum atomic E-state index is 11.0. The molecule has 4 heteroatoms. The molecule has 0 aliphatic heterocycles. The van der Waals surface area contributed by atoms with Crippen LogP contribution in [0, 0.1) is 0 Å². The highest BCUT2D eigenvalue weighted by molar-refractivity contribution is 5.88. The Balaban J connectivity index is 1.63. The Labute approximate surface area is 117 Å². The SMILES string of the molecule is O=C(O)c1ccoc1CNC1CCc2ccccc2C1. The molecule has 0 amide bonds. The number of aromatic carboxylic acids is 1. The molecule has 1 aromatic carbocycles. The Morgan fingerprint density at radius 3 is 2.90 bits per heavy atom. The predicted octanol–water partition coefficient (Wildman–Crippen LogP) is 2.62. The topological polar surface area (TPSA) is 62.5 Å². The van der Waals surface area contributed by atoms with Gasteiger partial charge in [0.25, 0.3) is 0 Å². The van der Waals surface area contributed by atoms with E-state index in [-0.39, 0.29) is 5.56 Å². The van der Waals surface area contributed by atoms with Gasteiger partial charge in [-0.25, -0.2) is 4.79 Å². The second-order valence-corrected chi connectivity index (χ2v) is 5.15. The number of rotatable bonds is 4. The molecular weight excluding hydrogens is 254 g/mol. The lowest BCUT2D eigenvalue weighted by molar-refractivity contribution is 0.0694. The molecule has 0 saturated carbocycles. The average molecular weight is 271 g/mol. The van der Waals surface area contributed by atoms with Crippen LogP contribution in [0.1, 0.15) is 33.7 Å². The first-order valence-corrected chi connectivity index (χ1v) is 6.84. The van der Waals surface area contributed by atoms with Crippen molar-refractivity contribution in [1.82, 2.24) is 5.32 Å². The third kappa shape index (κ3) is 2.60. The monoisotopic (exact) mass is 271 g/mol. The standard InChI is InChI=1S/C16H17NO3/c18-16(19)14-7-8-20-15(14)10-17-13-6-5-11-3-1-2-4-12(11)9-13/h1-4,7-8,13,17H,5-6,9-10H2,(H,18,19). The van der Waals surface area contributed by atoms with E-state index in [1.54, 1.807) is 0 Å². The van der Waals surface area contributed by atoms with Crippen LogP contribution in [0.2, 0.25) is 0 Å². The van der Waals surface area contributed by atoms with Gasteiger partial charge in [-0.15, -0.1) is 0 Å². The molecule has 1 aromatic heterocycles. The van der Waals surface area contributed by atoms with Gasteiger partial charge in [-0.3, -0.25) is 0 Å². The maximum absolute atomic E-state index is 11.0. The predicted molar refractivity (Wildman–Crippen MR) is 74.8 cm³/mol. The van der Waals surface area contributed by atoms with Crippen molar-refractivity contribution in [3.8, 4) is 0 Å². The van der Waals surface area contributed by atoms with E-state index in [4.69, 9.17) is 9.52 Å². The molecule has 1 aliphatic carbocycles. The largest absolute Gasteiger partial charge is 0.478 e. The van der Waals surface area contributed by atoms with Gasteiger partial charge in [-0.2, -0.15) is 0 Å². The summed E-state index contributed by atoms with van der Waals surface area (Å²) >= 11 is 0. The van der Waals surface area contributed by atoms with Gasteiger partial charge in [0.15, 0.2) is 0 Å². The van der Waals surface area contributed by atoms with Gasteiger partial charge in [-0.1, -0.05) is 24.3 Å². The Kier molecular flexibility index (Phi) is 3.56. The van der Waals surface area contributed by atoms with Crippen LogP contribution in [-0.4, -0.2) is 17.1 Å². The number of furan rings is 1. The van der Waals surface area contributed by atoms with Gasteiger partial charge in [0, 0.05) is 6.04 Å². The van der Waals surface area contributed by atoms with Crippen molar-refractivity contribution in [3.05, 3.63) is 59.0 Å². The van der Waals surface area contributed by atoms with Crippen molar-refractivity contribution in [2.45, 2.75) is 31.8 Å². The summed E-state index contributed by atoms with van der Waals surface area (Å²) in [7, 11) is 0. The van der Waals surface area contributed by atoms with Gasteiger partial charge in [-0.05, 0) is 36.5 Å².